The first kappa shape index (κ1) is 24.6. The summed E-state index contributed by atoms with van der Waals surface area (Å²) < 4.78 is 24.2. The van der Waals surface area contributed by atoms with E-state index in [1.54, 1.807) is 12.1 Å². The molecule has 35 heavy (non-hydrogen) atoms. The van der Waals surface area contributed by atoms with Crippen molar-refractivity contribution in [2.45, 2.75) is 13.0 Å². The zero-order chi connectivity index (χ0) is 25.4. The number of halogens is 3. The van der Waals surface area contributed by atoms with Crippen molar-refractivity contribution in [2.24, 2.45) is 0 Å². The molecule has 180 valence electrons. The maximum absolute atomic E-state index is 13.6. The van der Waals surface area contributed by atoms with Crippen LogP contribution >= 0.6 is 23.2 Å². The molecule has 1 saturated heterocycles. The molecule has 1 atom stereocenters. The number of hydrogen-bond acceptors (Lipinski definition) is 5. The molecule has 4 rings (SSSR count). The largest absolute Gasteiger partial charge is 0.507 e. The van der Waals surface area contributed by atoms with Crippen molar-refractivity contribution >= 4 is 46.3 Å². The van der Waals surface area contributed by atoms with Gasteiger partial charge >= 0.3 is 0 Å². The third-order valence-electron chi connectivity index (χ3n) is 5.83. The number of methoxy groups -OCH3 is 2. The van der Waals surface area contributed by atoms with Gasteiger partial charge in [-0.25, -0.2) is 4.39 Å². The van der Waals surface area contributed by atoms with Gasteiger partial charge in [0.05, 0.1) is 36.4 Å². The molecule has 9 heteroatoms. The van der Waals surface area contributed by atoms with Gasteiger partial charge < -0.3 is 14.6 Å². The van der Waals surface area contributed by atoms with E-state index in [0.29, 0.717) is 11.3 Å². The summed E-state index contributed by atoms with van der Waals surface area (Å²) in [6.45, 7) is 1.82. The van der Waals surface area contributed by atoms with Gasteiger partial charge in [-0.15, -0.1) is 0 Å². The molecule has 1 aliphatic rings. The SMILES string of the molecule is COc1c(Cl)cc(/C(O)=C2\C(=O)C(=O)N(c3ccc(F)cc3)C2c2ccccc2C)c(OC)c1Cl. The third-order valence-corrected chi connectivity index (χ3v) is 6.45. The molecule has 1 aliphatic heterocycles. The molecule has 0 aromatic heterocycles. The molecule has 1 N–H and O–H groups in total. The average Bonchev–Trinajstić information content (AvgIpc) is 3.09. The zero-order valence-corrected chi connectivity index (χ0v) is 20.4. The molecule has 6 nitrogen and oxygen atoms in total. The highest BCUT2D eigenvalue weighted by Gasteiger charge is 2.47. The summed E-state index contributed by atoms with van der Waals surface area (Å²) in [7, 11) is 2.71. The standard InChI is InChI=1S/C26H20Cl2FNO5/c1-13-6-4-5-7-16(13)21-19(23(32)26(33)30(21)15-10-8-14(29)9-11-15)22(31)17-12-18(27)25(35-3)20(28)24(17)34-2/h4-12,21,31H,1-3H3/b22-19+. The maximum Gasteiger partial charge on any atom is 0.300 e. The van der Waals surface area contributed by atoms with E-state index in [9.17, 15) is 19.1 Å². The first-order valence-corrected chi connectivity index (χ1v) is 11.2. The lowest BCUT2D eigenvalue weighted by Crippen LogP contribution is -2.29. The molecule has 0 bridgehead atoms. The van der Waals surface area contributed by atoms with Crippen LogP contribution in [-0.2, 0) is 9.59 Å². The van der Waals surface area contributed by atoms with Gasteiger partial charge in [-0.3, -0.25) is 14.5 Å². The van der Waals surface area contributed by atoms with Gasteiger partial charge in [0.15, 0.2) is 11.5 Å². The summed E-state index contributed by atoms with van der Waals surface area (Å²) in [5.41, 5.74) is 1.49. The molecule has 1 heterocycles. The Labute approximate surface area is 211 Å². The number of ketones is 1. The van der Waals surface area contributed by atoms with Crippen LogP contribution in [0, 0.1) is 12.7 Å². The first-order valence-electron chi connectivity index (χ1n) is 10.4. The second-order valence-electron chi connectivity index (χ2n) is 7.79. The number of rotatable bonds is 5. The van der Waals surface area contributed by atoms with Crippen molar-refractivity contribution in [3.8, 4) is 11.5 Å². The van der Waals surface area contributed by atoms with Gasteiger partial charge in [-0.1, -0.05) is 47.5 Å². The first-order chi connectivity index (χ1) is 16.7. The molecule has 3 aromatic carbocycles. The van der Waals surface area contributed by atoms with Gasteiger partial charge in [-0.05, 0) is 48.4 Å². The monoisotopic (exact) mass is 515 g/mol. The Morgan fingerprint density at radius 3 is 2.23 bits per heavy atom. The van der Waals surface area contributed by atoms with E-state index >= 15 is 0 Å². The van der Waals surface area contributed by atoms with E-state index in [0.717, 1.165) is 5.56 Å². The highest BCUT2D eigenvalue weighted by Crippen LogP contribution is 2.48. The number of aliphatic hydroxyl groups excluding tert-OH is 1. The molecule has 1 fully saturated rings. The zero-order valence-electron chi connectivity index (χ0n) is 18.9. The number of Topliss-reactive ketones (excluding diaryl/α,β-unsaturated/α-hetero) is 1. The number of anilines is 1. The van der Waals surface area contributed by atoms with E-state index in [1.807, 2.05) is 19.1 Å². The van der Waals surface area contributed by atoms with Gasteiger partial charge in [0.1, 0.15) is 16.6 Å². The van der Waals surface area contributed by atoms with Gasteiger partial charge in [0.25, 0.3) is 11.7 Å². The van der Waals surface area contributed by atoms with Crippen molar-refractivity contribution in [2.75, 3.05) is 19.1 Å². The molecule has 0 saturated carbocycles. The summed E-state index contributed by atoms with van der Waals surface area (Å²) in [5, 5.41) is 11.5. The Hall–Kier alpha value is -3.55. The van der Waals surface area contributed by atoms with E-state index in [-0.39, 0.29) is 32.7 Å². The van der Waals surface area contributed by atoms with E-state index in [1.165, 1.54) is 49.5 Å². The molecule has 0 spiro atoms. The van der Waals surface area contributed by atoms with Gasteiger partial charge in [0.2, 0.25) is 0 Å². The van der Waals surface area contributed by atoms with Crippen LogP contribution in [0.25, 0.3) is 5.76 Å². The van der Waals surface area contributed by atoms with Crippen LogP contribution in [0.5, 0.6) is 11.5 Å². The second-order valence-corrected chi connectivity index (χ2v) is 8.57. The number of aliphatic hydroxyl groups is 1. The number of carbonyl (C=O) groups is 2. The molecule has 0 aliphatic carbocycles. The number of amides is 1. The van der Waals surface area contributed by atoms with Crippen LogP contribution in [0.3, 0.4) is 0 Å². The summed E-state index contributed by atoms with van der Waals surface area (Å²) in [6, 6.07) is 12.7. The molecular weight excluding hydrogens is 496 g/mol. The number of ether oxygens (including phenoxy) is 2. The fourth-order valence-electron chi connectivity index (χ4n) is 4.18. The van der Waals surface area contributed by atoms with Crippen LogP contribution in [0.1, 0.15) is 22.7 Å². The number of hydrogen-bond donors (Lipinski definition) is 1. The molecular formula is C26H20Cl2FNO5. The predicted octanol–water partition coefficient (Wildman–Crippen LogP) is 6.08. The Kier molecular flexibility index (Phi) is 6.74. The van der Waals surface area contributed by atoms with E-state index < -0.39 is 29.3 Å². The highest BCUT2D eigenvalue weighted by atomic mass is 35.5. The van der Waals surface area contributed by atoms with Gasteiger partial charge in [-0.2, -0.15) is 0 Å². The van der Waals surface area contributed by atoms with Gasteiger partial charge in [0, 0.05) is 5.69 Å². The molecule has 3 aromatic rings. The summed E-state index contributed by atoms with van der Waals surface area (Å²) in [4.78, 5) is 27.8. The summed E-state index contributed by atoms with van der Waals surface area (Å²) >= 11 is 12.7. The maximum atomic E-state index is 13.6. The van der Waals surface area contributed by atoms with E-state index in [2.05, 4.69) is 0 Å². The Morgan fingerprint density at radius 1 is 1.00 bits per heavy atom. The van der Waals surface area contributed by atoms with Crippen LogP contribution in [0.4, 0.5) is 10.1 Å². The second kappa shape index (κ2) is 9.60. The minimum Gasteiger partial charge on any atom is -0.507 e. The molecule has 0 radical (unpaired) electrons. The number of carbonyl (C=O) groups excluding carboxylic acids is 2. The molecule has 1 amide bonds. The number of aryl methyl sites for hydroxylation is 1. The summed E-state index contributed by atoms with van der Waals surface area (Å²) in [5.74, 6) is -2.68. The van der Waals surface area contributed by atoms with Crippen LogP contribution in [-0.4, -0.2) is 31.0 Å². The van der Waals surface area contributed by atoms with E-state index in [4.69, 9.17) is 32.7 Å². The lowest BCUT2D eigenvalue weighted by molar-refractivity contribution is -0.132. The summed E-state index contributed by atoms with van der Waals surface area (Å²) in [6.07, 6.45) is 0. The highest BCUT2D eigenvalue weighted by molar-refractivity contribution is 6.52. The minimum absolute atomic E-state index is 0.00995. The fraction of sp³-hybridized carbons (Fsp3) is 0.154. The van der Waals surface area contributed by atoms with Crippen molar-refractivity contribution in [3.63, 3.8) is 0 Å². The predicted molar refractivity (Wildman–Crippen MR) is 132 cm³/mol. The van der Waals surface area contributed by atoms with Crippen molar-refractivity contribution in [1.82, 2.24) is 0 Å². The topological polar surface area (TPSA) is 76.1 Å². The van der Waals surface area contributed by atoms with Crippen molar-refractivity contribution in [1.29, 1.82) is 0 Å². The fourth-order valence-corrected chi connectivity index (χ4v) is 4.87. The average molecular weight is 516 g/mol. The quantitative estimate of drug-likeness (QED) is 0.253. The Balaban J connectivity index is 2.03. The van der Waals surface area contributed by atoms with Crippen LogP contribution < -0.4 is 14.4 Å². The number of benzene rings is 3. The lowest BCUT2D eigenvalue weighted by Gasteiger charge is -2.27. The van der Waals surface area contributed by atoms with Crippen molar-refractivity contribution < 1.29 is 28.6 Å². The third kappa shape index (κ3) is 4.11. The minimum atomic E-state index is -1.01. The number of nitrogens with zero attached hydrogens (tertiary/aromatic N) is 1. The van der Waals surface area contributed by atoms with Crippen LogP contribution in [0.15, 0.2) is 60.2 Å². The lowest BCUT2D eigenvalue weighted by atomic mass is 9.92. The Bertz CT molecular complexity index is 1370. The Morgan fingerprint density at radius 2 is 1.63 bits per heavy atom. The smallest absolute Gasteiger partial charge is 0.300 e. The normalized spacial score (nSPS) is 17.1. The van der Waals surface area contributed by atoms with Crippen molar-refractivity contribution in [3.05, 3.63) is 92.7 Å². The van der Waals surface area contributed by atoms with Crippen LogP contribution in [0.2, 0.25) is 10.0 Å². The molecule has 1 unspecified atom stereocenters.